The second-order valence-corrected chi connectivity index (χ2v) is 7.66. The number of nitrogens with one attached hydrogen (secondary N) is 1. The molecule has 1 N–H and O–H groups in total. The third-order valence-electron chi connectivity index (χ3n) is 4.79. The lowest BCUT2D eigenvalue weighted by Crippen LogP contribution is -2.47. The third kappa shape index (κ3) is 5.07. The fourth-order valence-corrected chi connectivity index (χ4v) is 3.46. The molecule has 1 amide bonds. The number of nitrogens with zero attached hydrogens (tertiary/aromatic N) is 2. The average molecular weight is 386 g/mol. The van der Waals surface area contributed by atoms with E-state index in [0.29, 0.717) is 17.0 Å². The molecule has 1 aliphatic carbocycles. The fourth-order valence-electron chi connectivity index (χ4n) is 2.95. The van der Waals surface area contributed by atoms with Crippen LogP contribution in [0.3, 0.4) is 0 Å². The van der Waals surface area contributed by atoms with Gasteiger partial charge in [0.15, 0.2) is 17.0 Å². The SMILES string of the molecule is CSc1ncc(Cl)c(C(=O)OC(C)C(=O)NC2CCCC(C)C2C)n1. The van der Waals surface area contributed by atoms with E-state index in [-0.39, 0.29) is 22.7 Å². The lowest BCUT2D eigenvalue weighted by molar-refractivity contribution is -0.130. The monoisotopic (exact) mass is 385 g/mol. The van der Waals surface area contributed by atoms with Crippen molar-refractivity contribution >= 4 is 35.2 Å². The number of halogens is 1. The molecule has 4 atom stereocenters. The van der Waals surface area contributed by atoms with Crippen LogP contribution in [0, 0.1) is 11.8 Å². The first-order valence-electron chi connectivity index (χ1n) is 8.41. The van der Waals surface area contributed by atoms with Crippen molar-refractivity contribution in [1.29, 1.82) is 0 Å². The van der Waals surface area contributed by atoms with Gasteiger partial charge in [-0.2, -0.15) is 0 Å². The molecule has 0 spiro atoms. The number of carbonyl (C=O) groups is 2. The van der Waals surface area contributed by atoms with Gasteiger partial charge in [0.2, 0.25) is 0 Å². The number of rotatable bonds is 5. The molecule has 0 radical (unpaired) electrons. The van der Waals surface area contributed by atoms with Crippen LogP contribution >= 0.6 is 23.4 Å². The summed E-state index contributed by atoms with van der Waals surface area (Å²) in [5.74, 6) is -0.0484. The van der Waals surface area contributed by atoms with Gasteiger partial charge >= 0.3 is 5.97 Å². The number of thioether (sulfide) groups is 1. The molecule has 8 heteroatoms. The molecule has 2 rings (SSSR count). The smallest absolute Gasteiger partial charge is 0.359 e. The summed E-state index contributed by atoms with van der Waals surface area (Å²) < 4.78 is 5.25. The number of amides is 1. The Labute approximate surface area is 157 Å². The van der Waals surface area contributed by atoms with E-state index in [0.717, 1.165) is 12.8 Å². The van der Waals surface area contributed by atoms with Gasteiger partial charge in [0, 0.05) is 6.04 Å². The Morgan fingerprint density at radius 2 is 2.12 bits per heavy atom. The summed E-state index contributed by atoms with van der Waals surface area (Å²) in [4.78, 5) is 32.7. The highest BCUT2D eigenvalue weighted by molar-refractivity contribution is 7.98. The summed E-state index contributed by atoms with van der Waals surface area (Å²) in [6.07, 6.45) is 5.46. The number of esters is 1. The first kappa shape index (κ1) is 20.0. The lowest BCUT2D eigenvalue weighted by atomic mass is 9.78. The molecule has 0 aromatic carbocycles. The Balaban J connectivity index is 1.97. The van der Waals surface area contributed by atoms with E-state index in [9.17, 15) is 9.59 Å². The molecular weight excluding hydrogens is 362 g/mol. The van der Waals surface area contributed by atoms with Crippen LogP contribution in [0.15, 0.2) is 11.4 Å². The number of hydrogen-bond donors (Lipinski definition) is 1. The minimum absolute atomic E-state index is 0.0275. The van der Waals surface area contributed by atoms with Gasteiger partial charge in [-0.3, -0.25) is 4.79 Å². The highest BCUT2D eigenvalue weighted by Crippen LogP contribution is 2.29. The van der Waals surface area contributed by atoms with E-state index in [1.807, 2.05) is 0 Å². The van der Waals surface area contributed by atoms with E-state index in [1.165, 1.54) is 24.4 Å². The van der Waals surface area contributed by atoms with Gasteiger partial charge < -0.3 is 10.1 Å². The molecule has 1 aromatic heterocycles. The van der Waals surface area contributed by atoms with Crippen molar-refractivity contribution in [2.75, 3.05) is 6.26 Å². The van der Waals surface area contributed by atoms with Gasteiger partial charge in [-0.1, -0.05) is 50.1 Å². The summed E-state index contributed by atoms with van der Waals surface area (Å²) in [6.45, 7) is 5.90. The van der Waals surface area contributed by atoms with Crippen LogP contribution in [0.4, 0.5) is 0 Å². The first-order chi connectivity index (χ1) is 11.8. The molecule has 138 valence electrons. The first-order valence-corrected chi connectivity index (χ1v) is 10.0. The van der Waals surface area contributed by atoms with Crippen molar-refractivity contribution in [3.63, 3.8) is 0 Å². The zero-order chi connectivity index (χ0) is 18.6. The molecule has 1 saturated carbocycles. The molecular formula is C17H24ClN3O3S. The maximum atomic E-state index is 12.4. The Hall–Kier alpha value is -1.34. The van der Waals surface area contributed by atoms with E-state index in [4.69, 9.17) is 16.3 Å². The molecule has 1 fully saturated rings. The molecule has 25 heavy (non-hydrogen) atoms. The molecule has 6 nitrogen and oxygen atoms in total. The predicted molar refractivity (Wildman–Crippen MR) is 97.8 cm³/mol. The topological polar surface area (TPSA) is 81.2 Å². The fraction of sp³-hybridized carbons (Fsp3) is 0.647. The maximum Gasteiger partial charge on any atom is 0.359 e. The van der Waals surface area contributed by atoms with E-state index in [2.05, 4.69) is 29.1 Å². The summed E-state index contributed by atoms with van der Waals surface area (Å²) in [7, 11) is 0. The Kier molecular flexibility index (Phi) is 7.07. The normalized spacial score (nSPS) is 24.4. The summed E-state index contributed by atoms with van der Waals surface area (Å²) in [6, 6.07) is 0.114. The van der Waals surface area contributed by atoms with E-state index in [1.54, 1.807) is 13.2 Å². The van der Waals surface area contributed by atoms with Crippen molar-refractivity contribution in [2.24, 2.45) is 11.8 Å². The average Bonchev–Trinajstić information content (AvgIpc) is 2.59. The Bertz CT molecular complexity index is 644. The van der Waals surface area contributed by atoms with Crippen LogP contribution in [0.2, 0.25) is 5.02 Å². The molecule has 0 bridgehead atoms. The van der Waals surface area contributed by atoms with Crippen molar-refractivity contribution < 1.29 is 14.3 Å². The number of hydrogen-bond acceptors (Lipinski definition) is 6. The zero-order valence-corrected chi connectivity index (χ0v) is 16.5. The molecule has 1 aliphatic rings. The van der Waals surface area contributed by atoms with Crippen molar-refractivity contribution in [1.82, 2.24) is 15.3 Å². The summed E-state index contributed by atoms with van der Waals surface area (Å²) >= 11 is 7.26. The van der Waals surface area contributed by atoms with Crippen LogP contribution < -0.4 is 5.32 Å². The molecule has 1 heterocycles. The van der Waals surface area contributed by atoms with Gasteiger partial charge in [0.05, 0.1) is 11.2 Å². The Morgan fingerprint density at radius 3 is 2.80 bits per heavy atom. The quantitative estimate of drug-likeness (QED) is 0.475. The summed E-state index contributed by atoms with van der Waals surface area (Å²) in [5, 5.41) is 3.52. The lowest BCUT2D eigenvalue weighted by Gasteiger charge is -2.35. The zero-order valence-electron chi connectivity index (χ0n) is 14.9. The maximum absolute atomic E-state index is 12.4. The van der Waals surface area contributed by atoms with Crippen LogP contribution in [0.5, 0.6) is 0 Å². The molecule has 0 aliphatic heterocycles. The standard InChI is InChI=1S/C17H24ClN3O3S/c1-9-6-5-7-13(10(9)2)20-15(22)11(3)24-16(23)14-12(18)8-19-17(21-14)25-4/h8-11,13H,5-7H2,1-4H3,(H,20,22). The Morgan fingerprint density at radius 1 is 1.40 bits per heavy atom. The van der Waals surface area contributed by atoms with Crippen molar-refractivity contribution in [2.45, 2.75) is 57.3 Å². The minimum atomic E-state index is -0.916. The number of carbonyl (C=O) groups excluding carboxylic acids is 2. The molecule has 1 aromatic rings. The van der Waals surface area contributed by atoms with Gasteiger partial charge in [-0.25, -0.2) is 14.8 Å². The van der Waals surface area contributed by atoms with Gasteiger partial charge in [0.25, 0.3) is 5.91 Å². The van der Waals surface area contributed by atoms with E-state index >= 15 is 0 Å². The second-order valence-electron chi connectivity index (χ2n) is 6.48. The molecule has 4 unspecified atom stereocenters. The minimum Gasteiger partial charge on any atom is -0.448 e. The van der Waals surface area contributed by atoms with Crippen LogP contribution in [0.25, 0.3) is 0 Å². The second kappa shape index (κ2) is 8.85. The van der Waals surface area contributed by atoms with Crippen molar-refractivity contribution in [3.05, 3.63) is 16.9 Å². The highest BCUT2D eigenvalue weighted by Gasteiger charge is 2.30. The van der Waals surface area contributed by atoms with Crippen LogP contribution in [-0.4, -0.2) is 40.2 Å². The number of ether oxygens (including phenoxy) is 1. The molecule has 0 saturated heterocycles. The number of aromatic nitrogens is 2. The van der Waals surface area contributed by atoms with Gasteiger partial charge in [-0.15, -0.1) is 0 Å². The predicted octanol–water partition coefficient (Wildman–Crippen LogP) is 3.34. The third-order valence-corrected chi connectivity index (χ3v) is 5.62. The van der Waals surface area contributed by atoms with Gasteiger partial charge in [0.1, 0.15) is 0 Å². The van der Waals surface area contributed by atoms with Crippen molar-refractivity contribution in [3.8, 4) is 0 Å². The van der Waals surface area contributed by atoms with E-state index < -0.39 is 12.1 Å². The van der Waals surface area contributed by atoms with Crippen LogP contribution in [-0.2, 0) is 9.53 Å². The van der Waals surface area contributed by atoms with Crippen LogP contribution in [0.1, 0.15) is 50.5 Å². The van der Waals surface area contributed by atoms with Gasteiger partial charge in [-0.05, 0) is 31.4 Å². The largest absolute Gasteiger partial charge is 0.448 e. The summed E-state index contributed by atoms with van der Waals surface area (Å²) in [5.41, 5.74) is -0.0275. The highest BCUT2D eigenvalue weighted by atomic mass is 35.5.